The molecule has 0 aliphatic carbocycles. The number of nitrogens with two attached hydrogens (primary N) is 3. The van der Waals surface area contributed by atoms with Crippen molar-refractivity contribution < 1.29 is 48.3 Å². The van der Waals surface area contributed by atoms with Crippen molar-refractivity contribution in [1.82, 2.24) is 42.5 Å². The number of aliphatic hydroxyl groups excluding tert-OH is 1. The van der Waals surface area contributed by atoms with Crippen molar-refractivity contribution in [3.63, 3.8) is 0 Å². The molecule has 0 radical (unpaired) electrons. The predicted molar refractivity (Wildman–Crippen MR) is 198 cm³/mol. The Morgan fingerprint density at radius 2 is 1.11 bits per heavy atom. The van der Waals surface area contributed by atoms with E-state index in [4.69, 9.17) is 17.2 Å². The van der Waals surface area contributed by atoms with Crippen molar-refractivity contribution in [3.8, 4) is 0 Å². The van der Waals surface area contributed by atoms with Gasteiger partial charge < -0.3 is 64.8 Å². The minimum atomic E-state index is -1.48. The molecule has 0 aliphatic rings. The fraction of sp³-hybridized carbons (Fsp3) is 0.559. The van der Waals surface area contributed by atoms with E-state index in [1.165, 1.54) is 0 Å². The number of amides is 9. The molecule has 0 aliphatic heterocycles. The zero-order valence-electron chi connectivity index (χ0n) is 31.1. The average Bonchev–Trinajstić information content (AvgIpc) is 3.14. The van der Waals surface area contributed by atoms with Gasteiger partial charge in [-0.3, -0.25) is 43.2 Å². The van der Waals surface area contributed by atoms with E-state index in [9.17, 15) is 48.3 Å². The molecule has 15 N–H and O–H groups in total. The number of nitrogens with one attached hydrogen (secondary N) is 8. The summed E-state index contributed by atoms with van der Waals surface area (Å²) in [6.07, 6.45) is 1.92. The van der Waals surface area contributed by atoms with Crippen LogP contribution in [0.5, 0.6) is 0 Å². The van der Waals surface area contributed by atoms with E-state index in [0.717, 1.165) is 5.56 Å². The molecule has 0 saturated carbocycles. The van der Waals surface area contributed by atoms with Crippen LogP contribution in [0.3, 0.4) is 0 Å². The third kappa shape index (κ3) is 21.0. The second kappa shape index (κ2) is 26.2. The SMILES string of the molecule is CC(C)CC(NC(=O)C(N)Cc1ccccc1)C(=O)NC(CO)C(=O)NCC(=O)NCC(=O)NCC(=O)NCC(=O)NCC(=O)NC(CCCCN)C(N)=O. The molecule has 4 unspecified atom stereocenters. The summed E-state index contributed by atoms with van der Waals surface area (Å²) in [7, 11) is 0. The molecule has 4 atom stereocenters. The molecule has 0 spiro atoms. The lowest BCUT2D eigenvalue weighted by molar-refractivity contribution is -0.134. The standard InChI is InChI=1S/C34H55N11O10/c1-20(2)12-24(44-32(53)22(36)13-21-8-4-3-5-9-21)34(55)45-25(19-46)33(54)42-17-29(50)40-15-27(48)38-14-26(47)39-16-28(49)41-18-30(51)43-23(31(37)52)10-6-7-11-35/h3-5,8-9,20,22-25,46H,6-7,10-19,35-36H2,1-2H3,(H2,37,52)(H,38,48)(H,39,47)(H,40,50)(H,41,49)(H,42,54)(H,43,51)(H,44,53)(H,45,55). The molecule has 306 valence electrons. The van der Waals surface area contributed by atoms with Crippen molar-refractivity contribution >= 4 is 53.2 Å². The molecule has 1 aromatic rings. The minimum Gasteiger partial charge on any atom is -0.394 e. The monoisotopic (exact) mass is 777 g/mol. The summed E-state index contributed by atoms with van der Waals surface area (Å²) in [4.78, 5) is 110. The number of hydrogen-bond donors (Lipinski definition) is 12. The van der Waals surface area contributed by atoms with E-state index >= 15 is 0 Å². The van der Waals surface area contributed by atoms with Crippen LogP contribution in [0.15, 0.2) is 30.3 Å². The number of primary amides is 1. The first-order valence-electron chi connectivity index (χ1n) is 17.7. The van der Waals surface area contributed by atoms with Crippen molar-refractivity contribution in [2.75, 3.05) is 45.9 Å². The summed E-state index contributed by atoms with van der Waals surface area (Å²) in [5.74, 6) is -6.77. The van der Waals surface area contributed by atoms with Gasteiger partial charge in [0.05, 0.1) is 45.4 Å². The summed E-state index contributed by atoms with van der Waals surface area (Å²) in [5, 5.41) is 28.3. The molecule has 0 aromatic heterocycles. The number of unbranched alkanes of at least 4 members (excludes halogenated alkanes) is 1. The van der Waals surface area contributed by atoms with Crippen LogP contribution >= 0.6 is 0 Å². The molecule has 21 heteroatoms. The Morgan fingerprint density at radius 1 is 0.618 bits per heavy atom. The molecule has 21 nitrogen and oxygen atoms in total. The first-order valence-corrected chi connectivity index (χ1v) is 17.7. The van der Waals surface area contributed by atoms with Gasteiger partial charge >= 0.3 is 0 Å². The van der Waals surface area contributed by atoms with Gasteiger partial charge in [0.2, 0.25) is 53.2 Å². The van der Waals surface area contributed by atoms with E-state index in [1.807, 2.05) is 32.0 Å². The zero-order valence-corrected chi connectivity index (χ0v) is 31.1. The predicted octanol–water partition coefficient (Wildman–Crippen LogP) is -5.76. The van der Waals surface area contributed by atoms with Crippen LogP contribution < -0.4 is 59.7 Å². The number of aliphatic hydroxyl groups is 1. The Balaban J connectivity index is 2.42. The average molecular weight is 778 g/mol. The fourth-order valence-corrected chi connectivity index (χ4v) is 4.69. The van der Waals surface area contributed by atoms with E-state index < -0.39 is 117 Å². The third-order valence-corrected chi connectivity index (χ3v) is 7.62. The molecule has 1 rings (SSSR count). The van der Waals surface area contributed by atoms with Crippen LogP contribution in [-0.4, -0.2) is 128 Å². The molecule has 0 heterocycles. The fourth-order valence-electron chi connectivity index (χ4n) is 4.69. The van der Waals surface area contributed by atoms with E-state index in [1.54, 1.807) is 12.1 Å². The van der Waals surface area contributed by atoms with Gasteiger partial charge in [0.25, 0.3) is 0 Å². The van der Waals surface area contributed by atoms with E-state index in [-0.39, 0.29) is 25.2 Å². The highest BCUT2D eigenvalue weighted by Gasteiger charge is 2.29. The van der Waals surface area contributed by atoms with E-state index in [2.05, 4.69) is 42.5 Å². The van der Waals surface area contributed by atoms with Crippen LogP contribution in [0.25, 0.3) is 0 Å². The van der Waals surface area contributed by atoms with Crippen molar-refractivity contribution in [2.24, 2.45) is 23.1 Å². The van der Waals surface area contributed by atoms with Gasteiger partial charge in [-0.2, -0.15) is 0 Å². The molecular formula is C34H55N11O10. The smallest absolute Gasteiger partial charge is 0.245 e. The van der Waals surface area contributed by atoms with E-state index in [0.29, 0.717) is 19.4 Å². The second-order valence-electron chi connectivity index (χ2n) is 12.9. The third-order valence-electron chi connectivity index (χ3n) is 7.62. The maximum Gasteiger partial charge on any atom is 0.245 e. The topological polar surface area (TPSA) is 348 Å². The van der Waals surface area contributed by atoms with Crippen LogP contribution in [0.4, 0.5) is 0 Å². The minimum absolute atomic E-state index is 0.0428. The van der Waals surface area contributed by atoms with Gasteiger partial charge in [0.15, 0.2) is 0 Å². The van der Waals surface area contributed by atoms with Crippen molar-refractivity contribution in [1.29, 1.82) is 0 Å². The van der Waals surface area contributed by atoms with Crippen molar-refractivity contribution in [2.45, 2.75) is 70.1 Å². The highest BCUT2D eigenvalue weighted by atomic mass is 16.3. The summed E-state index contributed by atoms with van der Waals surface area (Å²) in [6.45, 7) is 0.451. The van der Waals surface area contributed by atoms with Gasteiger partial charge in [0.1, 0.15) is 18.1 Å². The number of carbonyl (C=O) groups is 9. The Hall–Kier alpha value is -5.67. The maximum absolute atomic E-state index is 13.0. The Bertz CT molecular complexity index is 1460. The van der Waals surface area contributed by atoms with Crippen molar-refractivity contribution in [3.05, 3.63) is 35.9 Å². The molecule has 9 amide bonds. The molecular weight excluding hydrogens is 722 g/mol. The zero-order chi connectivity index (χ0) is 41.3. The molecule has 55 heavy (non-hydrogen) atoms. The summed E-state index contributed by atoms with van der Waals surface area (Å²) in [6, 6.07) is 4.64. The Morgan fingerprint density at radius 3 is 1.58 bits per heavy atom. The Kier molecular flexibility index (Phi) is 22.5. The lowest BCUT2D eigenvalue weighted by atomic mass is 10.0. The number of rotatable bonds is 26. The number of hydrogen-bond acceptors (Lipinski definition) is 12. The molecule has 1 aromatic carbocycles. The van der Waals surface area contributed by atoms with Gasteiger partial charge in [-0.1, -0.05) is 44.2 Å². The first-order chi connectivity index (χ1) is 26.1. The summed E-state index contributed by atoms with van der Waals surface area (Å²) >= 11 is 0. The molecule has 0 saturated heterocycles. The summed E-state index contributed by atoms with van der Waals surface area (Å²) < 4.78 is 0. The first kappa shape index (κ1) is 47.4. The normalized spacial score (nSPS) is 12.8. The van der Waals surface area contributed by atoms with Gasteiger partial charge in [0, 0.05) is 0 Å². The van der Waals surface area contributed by atoms with Gasteiger partial charge in [-0.15, -0.1) is 0 Å². The van der Waals surface area contributed by atoms with Crippen LogP contribution in [0.2, 0.25) is 0 Å². The van der Waals surface area contributed by atoms with Crippen LogP contribution in [-0.2, 0) is 49.6 Å². The largest absolute Gasteiger partial charge is 0.394 e. The highest BCUT2D eigenvalue weighted by Crippen LogP contribution is 2.08. The van der Waals surface area contributed by atoms with Gasteiger partial charge in [-0.25, -0.2) is 0 Å². The lowest BCUT2D eigenvalue weighted by Crippen LogP contribution is -2.57. The number of benzene rings is 1. The van der Waals surface area contributed by atoms with Crippen LogP contribution in [0, 0.1) is 5.92 Å². The highest BCUT2D eigenvalue weighted by molar-refractivity contribution is 5.95. The number of carbonyl (C=O) groups excluding carboxylic acids is 9. The molecule has 0 fully saturated rings. The Labute approximate surface area is 318 Å². The summed E-state index contributed by atoms with van der Waals surface area (Å²) in [5.41, 5.74) is 17.6. The maximum atomic E-state index is 13.0. The lowest BCUT2D eigenvalue weighted by Gasteiger charge is -2.24. The molecule has 0 bridgehead atoms. The van der Waals surface area contributed by atoms with Gasteiger partial charge in [-0.05, 0) is 50.1 Å². The van der Waals surface area contributed by atoms with Crippen LogP contribution in [0.1, 0.15) is 45.1 Å². The quantitative estimate of drug-likeness (QED) is 0.0392. The second-order valence-corrected chi connectivity index (χ2v) is 12.9.